The molecule has 2 heteroatoms. The van der Waals surface area contributed by atoms with Crippen LogP contribution in [0.2, 0.25) is 0 Å². The van der Waals surface area contributed by atoms with Gasteiger partial charge in [-0.15, -0.1) is 0 Å². The van der Waals surface area contributed by atoms with E-state index in [4.69, 9.17) is 0 Å². The minimum Gasteiger partial charge on any atom is -0.343 e. The summed E-state index contributed by atoms with van der Waals surface area (Å²) in [5.74, 6) is 0. The second-order valence-corrected chi connectivity index (χ2v) is 7.21. The average Bonchev–Trinajstić information content (AvgIpc) is 2.61. The van der Waals surface area contributed by atoms with Crippen LogP contribution < -0.4 is 9.47 Å². The van der Waals surface area contributed by atoms with Crippen LogP contribution >= 0.6 is 0 Å². The number of pyridine rings is 1. The molecule has 0 bridgehead atoms. The number of hydrogen-bond donors (Lipinski definition) is 0. The largest absolute Gasteiger partial charge is 0.343 e. The van der Waals surface area contributed by atoms with Gasteiger partial charge in [-0.05, 0) is 43.7 Å². The Morgan fingerprint density at radius 2 is 1.60 bits per heavy atom. The van der Waals surface area contributed by atoms with E-state index in [1.165, 1.54) is 55.4 Å². The van der Waals surface area contributed by atoms with Crippen LogP contribution in [0.1, 0.15) is 11.1 Å². The molecule has 0 N–H and O–H groups in total. The van der Waals surface area contributed by atoms with Crippen molar-refractivity contribution in [3.05, 3.63) is 65.7 Å². The molecule has 0 spiro atoms. The molecule has 1 aliphatic heterocycles. The fraction of sp³-hybridized carbons (Fsp3) is 0.174. The van der Waals surface area contributed by atoms with Crippen molar-refractivity contribution < 1.29 is 4.57 Å². The van der Waals surface area contributed by atoms with Crippen LogP contribution in [0.4, 0.5) is 11.4 Å². The summed E-state index contributed by atoms with van der Waals surface area (Å²) < 4.78 is 2.36. The minimum absolute atomic E-state index is 1.27. The lowest BCUT2D eigenvalue weighted by molar-refractivity contribution is -0.632. The highest BCUT2D eigenvalue weighted by Crippen LogP contribution is 2.47. The highest BCUT2D eigenvalue weighted by atomic mass is 15.1. The van der Waals surface area contributed by atoms with Crippen molar-refractivity contribution in [1.82, 2.24) is 0 Å². The molecule has 25 heavy (non-hydrogen) atoms. The first-order valence-electron chi connectivity index (χ1n) is 8.76. The Hall–Kier alpha value is -2.87. The Morgan fingerprint density at radius 1 is 0.800 bits per heavy atom. The summed E-state index contributed by atoms with van der Waals surface area (Å²) in [6, 6.07) is 20.1. The van der Waals surface area contributed by atoms with Crippen molar-refractivity contribution in [2.45, 2.75) is 13.8 Å². The molecular weight excluding hydrogens is 304 g/mol. The molecule has 2 nitrogen and oxygen atoms in total. The van der Waals surface area contributed by atoms with Crippen molar-refractivity contribution in [3.8, 4) is 11.3 Å². The molecule has 5 rings (SSSR count). The number of hydrogen-bond acceptors (Lipinski definition) is 1. The van der Waals surface area contributed by atoms with Crippen LogP contribution in [0.15, 0.2) is 54.6 Å². The van der Waals surface area contributed by atoms with Crippen molar-refractivity contribution in [1.29, 1.82) is 0 Å². The second-order valence-electron chi connectivity index (χ2n) is 7.21. The van der Waals surface area contributed by atoms with Gasteiger partial charge in [0.2, 0.25) is 11.2 Å². The maximum atomic E-state index is 2.36. The number of aromatic nitrogens is 1. The van der Waals surface area contributed by atoms with Gasteiger partial charge < -0.3 is 4.90 Å². The van der Waals surface area contributed by atoms with Crippen LogP contribution in [-0.4, -0.2) is 7.05 Å². The molecule has 0 saturated heterocycles. The second kappa shape index (κ2) is 4.82. The lowest BCUT2D eigenvalue weighted by atomic mass is 9.91. The molecule has 0 aliphatic carbocycles. The zero-order chi connectivity index (χ0) is 17.3. The Morgan fingerprint density at radius 3 is 2.44 bits per heavy atom. The van der Waals surface area contributed by atoms with E-state index in [0.29, 0.717) is 0 Å². The topological polar surface area (TPSA) is 7.12 Å². The molecule has 2 heterocycles. The smallest absolute Gasteiger partial charge is 0.224 e. The summed E-state index contributed by atoms with van der Waals surface area (Å²) in [7, 11) is 4.37. The third kappa shape index (κ3) is 1.82. The van der Waals surface area contributed by atoms with Gasteiger partial charge in [-0.2, -0.15) is 4.57 Å². The summed E-state index contributed by atoms with van der Waals surface area (Å²) >= 11 is 0. The molecule has 0 unspecified atom stereocenters. The molecular formula is C23H21N2+. The molecule has 1 aliphatic rings. The highest BCUT2D eigenvalue weighted by Gasteiger charge is 2.31. The third-order valence-corrected chi connectivity index (χ3v) is 5.52. The van der Waals surface area contributed by atoms with Crippen LogP contribution in [0.25, 0.3) is 32.9 Å². The number of aryl methyl sites for hydroxylation is 3. The summed E-state index contributed by atoms with van der Waals surface area (Å²) in [4.78, 5) is 2.34. The number of para-hydroxylation sites is 1. The molecule has 0 amide bonds. The zero-order valence-corrected chi connectivity index (χ0v) is 15.1. The quantitative estimate of drug-likeness (QED) is 0.319. The molecule has 0 saturated carbocycles. The average molecular weight is 325 g/mol. The zero-order valence-electron chi connectivity index (χ0n) is 15.1. The number of anilines is 2. The first-order chi connectivity index (χ1) is 12.1. The van der Waals surface area contributed by atoms with Crippen molar-refractivity contribution in [3.63, 3.8) is 0 Å². The van der Waals surface area contributed by atoms with Crippen LogP contribution in [-0.2, 0) is 7.05 Å². The monoisotopic (exact) mass is 325 g/mol. The normalized spacial score (nSPS) is 12.7. The first kappa shape index (κ1) is 14.5. The molecule has 0 fully saturated rings. The first-order valence-corrected chi connectivity index (χ1v) is 8.76. The van der Waals surface area contributed by atoms with Gasteiger partial charge in [-0.3, -0.25) is 0 Å². The van der Waals surface area contributed by atoms with Gasteiger partial charge >= 0.3 is 0 Å². The van der Waals surface area contributed by atoms with E-state index in [1.807, 2.05) is 0 Å². The molecule has 1 aromatic heterocycles. The lowest BCUT2D eigenvalue weighted by Gasteiger charge is -2.29. The Kier molecular flexibility index (Phi) is 2.79. The predicted octanol–water partition coefficient (Wildman–Crippen LogP) is 5.18. The summed E-state index contributed by atoms with van der Waals surface area (Å²) in [5, 5.41) is 4.02. The van der Waals surface area contributed by atoms with Gasteiger partial charge in [0.15, 0.2) is 0 Å². The Bertz CT molecular complexity index is 1190. The SMILES string of the molecule is Cc1ccc2c(c1)-c1c3c(cc(C)cc3c3ccccc3[n+]1C)N2C. The van der Waals surface area contributed by atoms with Gasteiger partial charge in [0, 0.05) is 18.5 Å². The molecule has 0 radical (unpaired) electrons. The molecule has 122 valence electrons. The van der Waals surface area contributed by atoms with E-state index in [-0.39, 0.29) is 0 Å². The van der Waals surface area contributed by atoms with E-state index < -0.39 is 0 Å². The number of fused-ring (bicyclic) bond motifs is 4. The van der Waals surface area contributed by atoms with Crippen LogP contribution in [0.5, 0.6) is 0 Å². The van der Waals surface area contributed by atoms with Gasteiger partial charge in [0.05, 0.1) is 27.7 Å². The van der Waals surface area contributed by atoms with Gasteiger partial charge in [-0.25, -0.2) is 0 Å². The van der Waals surface area contributed by atoms with E-state index in [0.717, 1.165) is 0 Å². The van der Waals surface area contributed by atoms with Crippen LogP contribution in [0, 0.1) is 13.8 Å². The number of rotatable bonds is 0. The summed E-state index contributed by atoms with van der Waals surface area (Å²) in [6.45, 7) is 4.36. The van der Waals surface area contributed by atoms with E-state index in [9.17, 15) is 0 Å². The van der Waals surface area contributed by atoms with Crippen molar-refractivity contribution in [2.75, 3.05) is 11.9 Å². The van der Waals surface area contributed by atoms with Crippen molar-refractivity contribution >= 4 is 33.1 Å². The maximum Gasteiger partial charge on any atom is 0.224 e. The fourth-order valence-corrected chi connectivity index (χ4v) is 4.35. The standard InChI is InChI=1S/C23H21N2/c1-14-9-10-20-18(11-14)23-22-17(12-15(2)13-21(22)24(20)3)16-7-5-6-8-19(16)25(23)4/h5-13H,1-4H3/q+1. The van der Waals surface area contributed by atoms with Gasteiger partial charge in [0.1, 0.15) is 7.05 Å². The molecule has 4 aromatic rings. The maximum absolute atomic E-state index is 2.36. The highest BCUT2D eigenvalue weighted by molar-refractivity contribution is 6.17. The summed E-state index contributed by atoms with van der Waals surface area (Å²) in [5.41, 5.74) is 9.08. The Labute approximate surface area is 147 Å². The fourth-order valence-electron chi connectivity index (χ4n) is 4.35. The molecule has 0 atom stereocenters. The number of nitrogens with zero attached hydrogens (tertiary/aromatic N) is 2. The minimum atomic E-state index is 1.27. The van der Waals surface area contributed by atoms with Crippen LogP contribution in [0.3, 0.4) is 0 Å². The number of benzene rings is 3. The van der Waals surface area contributed by atoms with E-state index in [2.05, 4.69) is 92.0 Å². The lowest BCUT2D eigenvalue weighted by Crippen LogP contribution is -2.34. The van der Waals surface area contributed by atoms with E-state index in [1.54, 1.807) is 0 Å². The van der Waals surface area contributed by atoms with Gasteiger partial charge in [-0.1, -0.05) is 29.8 Å². The Balaban J connectivity index is 2.12. The van der Waals surface area contributed by atoms with Crippen molar-refractivity contribution in [2.24, 2.45) is 7.05 Å². The van der Waals surface area contributed by atoms with Gasteiger partial charge in [0.25, 0.3) is 0 Å². The summed E-state index contributed by atoms with van der Waals surface area (Å²) in [6.07, 6.45) is 0. The predicted molar refractivity (Wildman–Crippen MR) is 106 cm³/mol. The van der Waals surface area contributed by atoms with E-state index >= 15 is 0 Å². The molecule has 3 aromatic carbocycles. The third-order valence-electron chi connectivity index (χ3n) is 5.52.